The Balaban J connectivity index is 1.90. The fourth-order valence-electron chi connectivity index (χ4n) is 2.95. The van der Waals surface area contributed by atoms with E-state index < -0.39 is 5.60 Å². The van der Waals surface area contributed by atoms with Crippen molar-refractivity contribution in [3.8, 4) is 0 Å². The number of ether oxygens (including phenoxy) is 1. The number of nitrogens with one attached hydrogen (secondary N) is 2. The third kappa shape index (κ3) is 5.61. The molecule has 1 amide bonds. The van der Waals surface area contributed by atoms with E-state index in [9.17, 15) is 4.79 Å². The first kappa shape index (κ1) is 17.9. The van der Waals surface area contributed by atoms with E-state index in [4.69, 9.17) is 16.3 Å². The van der Waals surface area contributed by atoms with Crippen LogP contribution in [-0.2, 0) is 4.74 Å². The molecular formula is C18H27ClN2O2. The van der Waals surface area contributed by atoms with Crippen molar-refractivity contribution in [2.75, 3.05) is 11.9 Å². The second kappa shape index (κ2) is 7.43. The summed E-state index contributed by atoms with van der Waals surface area (Å²) in [5.41, 5.74) is 1.79. The zero-order chi connectivity index (χ0) is 17.0. The van der Waals surface area contributed by atoms with Gasteiger partial charge in [-0.3, -0.25) is 0 Å². The minimum atomic E-state index is -0.463. The van der Waals surface area contributed by atoms with Crippen LogP contribution in [0, 0.1) is 12.8 Å². The highest BCUT2D eigenvalue weighted by Crippen LogP contribution is 2.30. The number of benzene rings is 1. The summed E-state index contributed by atoms with van der Waals surface area (Å²) in [4.78, 5) is 11.8. The maximum absolute atomic E-state index is 11.8. The van der Waals surface area contributed by atoms with Crippen molar-refractivity contribution < 1.29 is 9.53 Å². The number of amides is 1. The van der Waals surface area contributed by atoms with Crippen molar-refractivity contribution >= 4 is 23.4 Å². The van der Waals surface area contributed by atoms with E-state index in [-0.39, 0.29) is 6.09 Å². The molecule has 1 aliphatic carbocycles. The van der Waals surface area contributed by atoms with E-state index in [0.29, 0.717) is 18.5 Å². The molecule has 1 aromatic rings. The Morgan fingerprint density at radius 1 is 1.35 bits per heavy atom. The lowest BCUT2D eigenvalue weighted by molar-refractivity contribution is 0.0519. The Hall–Kier alpha value is -1.42. The molecule has 0 aliphatic heterocycles. The van der Waals surface area contributed by atoms with E-state index in [0.717, 1.165) is 30.0 Å². The SMILES string of the molecule is Cc1ccc(Cl)cc1NC1CCCC1CNC(=O)OC(C)(C)C. The van der Waals surface area contributed by atoms with Gasteiger partial charge in [-0.15, -0.1) is 0 Å². The maximum atomic E-state index is 11.8. The van der Waals surface area contributed by atoms with E-state index in [1.165, 1.54) is 5.56 Å². The lowest BCUT2D eigenvalue weighted by Crippen LogP contribution is -2.38. The highest BCUT2D eigenvalue weighted by atomic mass is 35.5. The molecule has 2 N–H and O–H groups in total. The average molecular weight is 339 g/mol. The van der Waals surface area contributed by atoms with Gasteiger partial charge in [0.2, 0.25) is 0 Å². The molecule has 0 saturated heterocycles. The lowest BCUT2D eigenvalue weighted by Gasteiger charge is -2.25. The highest BCUT2D eigenvalue weighted by molar-refractivity contribution is 6.30. The van der Waals surface area contributed by atoms with Crippen LogP contribution < -0.4 is 10.6 Å². The van der Waals surface area contributed by atoms with Gasteiger partial charge < -0.3 is 15.4 Å². The first-order valence-corrected chi connectivity index (χ1v) is 8.62. The zero-order valence-electron chi connectivity index (χ0n) is 14.4. The number of carbonyl (C=O) groups excluding carboxylic acids is 1. The summed E-state index contributed by atoms with van der Waals surface area (Å²) in [5.74, 6) is 0.404. The molecule has 2 rings (SSSR count). The Morgan fingerprint density at radius 2 is 2.09 bits per heavy atom. The van der Waals surface area contributed by atoms with Gasteiger partial charge in [-0.05, 0) is 64.2 Å². The van der Waals surface area contributed by atoms with Crippen LogP contribution in [0.3, 0.4) is 0 Å². The van der Waals surface area contributed by atoms with Crippen LogP contribution in [0.5, 0.6) is 0 Å². The van der Waals surface area contributed by atoms with Crippen molar-refractivity contribution in [3.05, 3.63) is 28.8 Å². The van der Waals surface area contributed by atoms with Gasteiger partial charge in [-0.25, -0.2) is 4.79 Å². The first-order chi connectivity index (χ1) is 10.7. The molecular weight excluding hydrogens is 312 g/mol. The molecule has 0 spiro atoms. The fourth-order valence-corrected chi connectivity index (χ4v) is 3.12. The molecule has 0 radical (unpaired) electrons. The number of halogens is 1. The fraction of sp³-hybridized carbons (Fsp3) is 0.611. The van der Waals surface area contributed by atoms with Crippen molar-refractivity contribution in [2.45, 2.75) is 58.6 Å². The van der Waals surface area contributed by atoms with Crippen LogP contribution in [0.25, 0.3) is 0 Å². The van der Waals surface area contributed by atoms with Crippen LogP contribution in [-0.4, -0.2) is 24.3 Å². The second-order valence-electron chi connectivity index (χ2n) is 7.28. The van der Waals surface area contributed by atoms with Gasteiger partial charge >= 0.3 is 6.09 Å². The van der Waals surface area contributed by atoms with Gasteiger partial charge in [-0.2, -0.15) is 0 Å². The largest absolute Gasteiger partial charge is 0.444 e. The molecule has 1 aromatic carbocycles. The standard InChI is InChI=1S/C18H27ClN2O2/c1-12-8-9-14(19)10-16(12)21-15-7-5-6-13(15)11-20-17(22)23-18(2,3)4/h8-10,13,15,21H,5-7,11H2,1-4H3,(H,20,22). The maximum Gasteiger partial charge on any atom is 0.407 e. The van der Waals surface area contributed by atoms with E-state index in [1.807, 2.05) is 39.0 Å². The molecule has 0 heterocycles. The number of alkyl carbamates (subject to hydrolysis) is 1. The van der Waals surface area contributed by atoms with Crippen molar-refractivity contribution in [1.29, 1.82) is 0 Å². The minimum Gasteiger partial charge on any atom is -0.444 e. The number of hydrogen-bond donors (Lipinski definition) is 2. The van der Waals surface area contributed by atoms with Crippen LogP contribution in [0.1, 0.15) is 45.6 Å². The topological polar surface area (TPSA) is 50.4 Å². The Labute approximate surface area is 143 Å². The van der Waals surface area contributed by atoms with Gasteiger partial charge in [0.15, 0.2) is 0 Å². The quantitative estimate of drug-likeness (QED) is 0.832. The monoisotopic (exact) mass is 338 g/mol. The molecule has 5 heteroatoms. The van der Waals surface area contributed by atoms with E-state index in [1.54, 1.807) is 0 Å². The summed E-state index contributed by atoms with van der Waals surface area (Å²) < 4.78 is 5.30. The van der Waals surface area contributed by atoms with Gasteiger partial charge in [0.25, 0.3) is 0 Å². The molecule has 23 heavy (non-hydrogen) atoms. The third-order valence-corrected chi connectivity index (χ3v) is 4.34. The van der Waals surface area contributed by atoms with E-state index >= 15 is 0 Å². The Morgan fingerprint density at radius 3 is 2.78 bits per heavy atom. The Bertz CT molecular complexity index is 554. The predicted octanol–water partition coefficient (Wildman–Crippen LogP) is 4.75. The molecule has 2 atom stereocenters. The second-order valence-corrected chi connectivity index (χ2v) is 7.72. The summed E-state index contributed by atoms with van der Waals surface area (Å²) in [6, 6.07) is 6.24. The summed E-state index contributed by atoms with van der Waals surface area (Å²) in [6.45, 7) is 8.31. The third-order valence-electron chi connectivity index (χ3n) is 4.11. The van der Waals surface area contributed by atoms with Gasteiger partial charge in [0.05, 0.1) is 0 Å². The summed E-state index contributed by atoms with van der Waals surface area (Å²) in [5, 5.41) is 7.23. The van der Waals surface area contributed by atoms with Crippen LogP contribution in [0.4, 0.5) is 10.5 Å². The average Bonchev–Trinajstić information content (AvgIpc) is 2.86. The summed E-state index contributed by atoms with van der Waals surface area (Å²) >= 11 is 6.09. The van der Waals surface area contributed by atoms with Gasteiger partial charge in [0.1, 0.15) is 5.60 Å². The van der Waals surface area contributed by atoms with Crippen molar-refractivity contribution in [1.82, 2.24) is 5.32 Å². The van der Waals surface area contributed by atoms with Gasteiger partial charge in [-0.1, -0.05) is 24.1 Å². The van der Waals surface area contributed by atoms with Crippen molar-refractivity contribution in [2.24, 2.45) is 5.92 Å². The minimum absolute atomic E-state index is 0.345. The zero-order valence-corrected chi connectivity index (χ0v) is 15.2. The first-order valence-electron chi connectivity index (χ1n) is 8.24. The summed E-state index contributed by atoms with van der Waals surface area (Å²) in [6.07, 6.45) is 3.03. The highest BCUT2D eigenvalue weighted by Gasteiger charge is 2.28. The number of hydrogen-bond acceptors (Lipinski definition) is 3. The number of aryl methyl sites for hydroxylation is 1. The molecule has 0 bridgehead atoms. The number of carbonyl (C=O) groups is 1. The molecule has 128 valence electrons. The number of rotatable bonds is 4. The molecule has 1 fully saturated rings. The van der Waals surface area contributed by atoms with Crippen molar-refractivity contribution in [3.63, 3.8) is 0 Å². The predicted molar refractivity (Wildman–Crippen MR) is 95.2 cm³/mol. The van der Waals surface area contributed by atoms with E-state index in [2.05, 4.69) is 17.6 Å². The Kier molecular flexibility index (Phi) is 5.79. The molecule has 0 aromatic heterocycles. The molecule has 1 saturated carbocycles. The summed E-state index contributed by atoms with van der Waals surface area (Å²) in [7, 11) is 0. The van der Waals surface area contributed by atoms with Crippen LogP contribution >= 0.6 is 11.6 Å². The molecule has 4 nitrogen and oxygen atoms in total. The van der Waals surface area contributed by atoms with Crippen LogP contribution in [0.2, 0.25) is 5.02 Å². The smallest absolute Gasteiger partial charge is 0.407 e. The van der Waals surface area contributed by atoms with Crippen LogP contribution in [0.15, 0.2) is 18.2 Å². The van der Waals surface area contributed by atoms with Gasteiger partial charge in [0, 0.05) is 23.3 Å². The lowest BCUT2D eigenvalue weighted by atomic mass is 10.0. The molecule has 2 unspecified atom stereocenters. The number of anilines is 1. The normalized spacial score (nSPS) is 21.1. The molecule has 1 aliphatic rings.